The van der Waals surface area contributed by atoms with Gasteiger partial charge in [-0.2, -0.15) is 0 Å². The number of amides is 3. The Hall–Kier alpha value is -3.47. The summed E-state index contributed by atoms with van der Waals surface area (Å²) >= 11 is 0. The first-order valence-electron chi connectivity index (χ1n) is 11.1. The number of benzene rings is 1. The van der Waals surface area contributed by atoms with E-state index in [0.717, 1.165) is 5.56 Å². The zero-order valence-corrected chi connectivity index (χ0v) is 19.6. The minimum absolute atomic E-state index is 0.000253. The second-order valence-corrected chi connectivity index (χ2v) is 8.55. The topological polar surface area (TPSA) is 188 Å². The molecular formula is C23H34N4O7. The van der Waals surface area contributed by atoms with Crippen LogP contribution in [0.3, 0.4) is 0 Å². The summed E-state index contributed by atoms with van der Waals surface area (Å²) in [5.41, 5.74) is 6.49. The third-order valence-electron chi connectivity index (χ3n) is 4.99. The van der Waals surface area contributed by atoms with Crippen LogP contribution < -0.4 is 21.7 Å². The van der Waals surface area contributed by atoms with Crippen LogP contribution in [0.5, 0.6) is 0 Å². The highest BCUT2D eigenvalue weighted by Gasteiger charge is 2.30. The Bertz CT molecular complexity index is 860. The average Bonchev–Trinajstić information content (AvgIpc) is 2.76. The van der Waals surface area contributed by atoms with E-state index in [1.54, 1.807) is 30.3 Å². The van der Waals surface area contributed by atoms with E-state index in [2.05, 4.69) is 16.0 Å². The lowest BCUT2D eigenvalue weighted by Crippen LogP contribution is -2.57. The van der Waals surface area contributed by atoms with Crippen LogP contribution in [0.1, 0.15) is 45.6 Å². The van der Waals surface area contributed by atoms with E-state index in [0.29, 0.717) is 0 Å². The van der Waals surface area contributed by atoms with E-state index in [4.69, 9.17) is 15.9 Å². The van der Waals surface area contributed by atoms with Crippen LogP contribution in [-0.2, 0) is 30.4 Å². The minimum atomic E-state index is -1.22. The quantitative estimate of drug-likeness (QED) is 0.216. The summed E-state index contributed by atoms with van der Waals surface area (Å²) in [5, 5.41) is 25.4. The number of hydrogen-bond donors (Lipinski definition) is 6. The van der Waals surface area contributed by atoms with Crippen LogP contribution in [0.4, 0.5) is 0 Å². The van der Waals surface area contributed by atoms with Gasteiger partial charge in [-0.1, -0.05) is 44.2 Å². The number of aliphatic carboxylic acids is 2. The van der Waals surface area contributed by atoms with Gasteiger partial charge in [0.2, 0.25) is 17.7 Å². The molecule has 7 N–H and O–H groups in total. The fraction of sp³-hybridized carbons (Fsp3) is 0.522. The van der Waals surface area contributed by atoms with Crippen molar-refractivity contribution in [3.05, 3.63) is 35.9 Å². The maximum atomic E-state index is 13.1. The number of hydrogen-bond acceptors (Lipinski definition) is 6. The SMILES string of the molecule is CC(C)C[C@H](NC(=O)[C@@H](N)CCC(=O)O)C(=O)N[C@@H](Cc1ccccc1)C(=O)N[C@@H](C)C(=O)O. The number of rotatable bonds is 14. The zero-order valence-electron chi connectivity index (χ0n) is 19.6. The van der Waals surface area contributed by atoms with Crippen molar-refractivity contribution < 1.29 is 34.2 Å². The maximum absolute atomic E-state index is 13.1. The molecule has 0 radical (unpaired) electrons. The molecule has 188 valence electrons. The van der Waals surface area contributed by atoms with Crippen molar-refractivity contribution in [3.8, 4) is 0 Å². The van der Waals surface area contributed by atoms with Crippen LogP contribution in [-0.4, -0.2) is 64.0 Å². The second kappa shape index (κ2) is 13.9. The largest absolute Gasteiger partial charge is 0.481 e. The molecule has 0 bridgehead atoms. The van der Waals surface area contributed by atoms with Crippen molar-refractivity contribution in [3.63, 3.8) is 0 Å². The molecule has 1 aromatic carbocycles. The highest BCUT2D eigenvalue weighted by Crippen LogP contribution is 2.09. The van der Waals surface area contributed by atoms with Crippen molar-refractivity contribution >= 4 is 29.7 Å². The molecule has 0 fully saturated rings. The zero-order chi connectivity index (χ0) is 25.8. The lowest BCUT2D eigenvalue weighted by atomic mass is 10.0. The van der Waals surface area contributed by atoms with Gasteiger partial charge in [0.15, 0.2) is 0 Å². The molecule has 34 heavy (non-hydrogen) atoms. The van der Waals surface area contributed by atoms with Gasteiger partial charge in [-0.3, -0.25) is 24.0 Å². The molecule has 11 heteroatoms. The van der Waals surface area contributed by atoms with Crippen molar-refractivity contribution in [2.45, 2.75) is 70.6 Å². The minimum Gasteiger partial charge on any atom is -0.481 e. The Balaban J connectivity index is 3.01. The van der Waals surface area contributed by atoms with Crippen molar-refractivity contribution in [1.29, 1.82) is 0 Å². The molecule has 1 rings (SSSR count). The molecule has 1 aromatic rings. The molecule has 0 unspecified atom stereocenters. The predicted octanol–water partition coefficient (Wildman–Crippen LogP) is 0.0262. The van der Waals surface area contributed by atoms with E-state index >= 15 is 0 Å². The van der Waals surface area contributed by atoms with Gasteiger partial charge in [0, 0.05) is 12.8 Å². The molecule has 4 atom stereocenters. The van der Waals surface area contributed by atoms with Crippen LogP contribution in [0.2, 0.25) is 0 Å². The fourth-order valence-electron chi connectivity index (χ4n) is 3.10. The summed E-state index contributed by atoms with van der Waals surface area (Å²) in [6, 6.07) is 4.48. The normalized spacial score (nSPS) is 14.4. The molecule has 3 amide bonds. The van der Waals surface area contributed by atoms with E-state index in [9.17, 15) is 24.0 Å². The van der Waals surface area contributed by atoms with Gasteiger partial charge >= 0.3 is 11.9 Å². The van der Waals surface area contributed by atoms with Gasteiger partial charge in [0.05, 0.1) is 6.04 Å². The second-order valence-electron chi connectivity index (χ2n) is 8.55. The summed E-state index contributed by atoms with van der Waals surface area (Å²) < 4.78 is 0. The maximum Gasteiger partial charge on any atom is 0.325 e. The smallest absolute Gasteiger partial charge is 0.325 e. The fourth-order valence-corrected chi connectivity index (χ4v) is 3.10. The number of carboxylic acids is 2. The Labute approximate surface area is 198 Å². The summed E-state index contributed by atoms with van der Waals surface area (Å²) in [5.74, 6) is -4.31. The van der Waals surface area contributed by atoms with Gasteiger partial charge in [-0.15, -0.1) is 0 Å². The molecule has 0 saturated carbocycles. The number of nitrogens with one attached hydrogen (secondary N) is 3. The Morgan fingerprint density at radius 2 is 1.41 bits per heavy atom. The Morgan fingerprint density at radius 1 is 0.853 bits per heavy atom. The summed E-state index contributed by atoms with van der Waals surface area (Å²) in [7, 11) is 0. The molecule has 0 aromatic heterocycles. The number of carbonyl (C=O) groups is 5. The molecule has 0 heterocycles. The predicted molar refractivity (Wildman–Crippen MR) is 124 cm³/mol. The standard InChI is InChI=1S/C23H34N4O7/c1-13(2)11-17(26-20(30)16(24)9-10-19(28)29)22(32)27-18(12-15-7-5-4-6-8-15)21(31)25-14(3)23(33)34/h4-8,13-14,16-18H,9-12,24H2,1-3H3,(H,25,31)(H,26,30)(H,27,32)(H,28,29)(H,33,34)/t14-,16-,17-,18-/m0/s1. The van der Waals surface area contributed by atoms with Gasteiger partial charge in [-0.05, 0) is 31.2 Å². The van der Waals surface area contributed by atoms with E-state index in [1.165, 1.54) is 6.92 Å². The molecule has 0 saturated heterocycles. The van der Waals surface area contributed by atoms with Gasteiger partial charge < -0.3 is 31.9 Å². The van der Waals surface area contributed by atoms with Gasteiger partial charge in [0.1, 0.15) is 18.1 Å². The first kappa shape index (κ1) is 28.6. The first-order chi connectivity index (χ1) is 15.9. The van der Waals surface area contributed by atoms with Crippen molar-refractivity contribution in [1.82, 2.24) is 16.0 Å². The summed E-state index contributed by atoms with van der Waals surface area (Å²) in [6.45, 7) is 5.00. The van der Waals surface area contributed by atoms with Crippen LogP contribution in [0.15, 0.2) is 30.3 Å². The molecule has 11 nitrogen and oxygen atoms in total. The van der Waals surface area contributed by atoms with Crippen LogP contribution >= 0.6 is 0 Å². The lowest BCUT2D eigenvalue weighted by molar-refractivity contribution is -0.142. The van der Waals surface area contributed by atoms with Crippen LogP contribution in [0, 0.1) is 5.92 Å². The number of carbonyl (C=O) groups excluding carboxylic acids is 3. The third kappa shape index (κ3) is 10.4. The summed E-state index contributed by atoms with van der Waals surface area (Å²) in [6.07, 6.45) is -0.0420. The van der Waals surface area contributed by atoms with Gasteiger partial charge in [-0.25, -0.2) is 0 Å². The van der Waals surface area contributed by atoms with E-state index in [-0.39, 0.29) is 31.6 Å². The molecular weight excluding hydrogens is 444 g/mol. The van der Waals surface area contributed by atoms with E-state index < -0.39 is 53.8 Å². The van der Waals surface area contributed by atoms with Crippen molar-refractivity contribution in [2.24, 2.45) is 11.7 Å². The first-order valence-corrected chi connectivity index (χ1v) is 11.1. The number of carboxylic acid groups (broad SMARTS) is 2. The van der Waals surface area contributed by atoms with Crippen molar-refractivity contribution in [2.75, 3.05) is 0 Å². The van der Waals surface area contributed by atoms with Crippen LogP contribution in [0.25, 0.3) is 0 Å². The molecule has 0 aliphatic carbocycles. The monoisotopic (exact) mass is 478 g/mol. The third-order valence-corrected chi connectivity index (χ3v) is 4.99. The highest BCUT2D eigenvalue weighted by molar-refractivity contribution is 5.94. The molecule has 0 aliphatic rings. The molecule has 0 spiro atoms. The van der Waals surface area contributed by atoms with Gasteiger partial charge in [0.25, 0.3) is 0 Å². The highest BCUT2D eigenvalue weighted by atomic mass is 16.4. The molecule has 0 aliphatic heterocycles. The lowest BCUT2D eigenvalue weighted by Gasteiger charge is -2.25. The van der Waals surface area contributed by atoms with E-state index in [1.807, 2.05) is 13.8 Å². The Kier molecular flexibility index (Phi) is 11.7. The summed E-state index contributed by atoms with van der Waals surface area (Å²) in [4.78, 5) is 60.1. The average molecular weight is 479 g/mol. The number of nitrogens with two attached hydrogens (primary N) is 1. The Morgan fingerprint density at radius 3 is 1.94 bits per heavy atom.